The number of aryl methyl sites for hydroxylation is 2. The fraction of sp³-hybridized carbons (Fsp3) is 0.350. The molecule has 156 valence electrons. The van der Waals surface area contributed by atoms with E-state index < -0.39 is 33.7 Å². The minimum atomic E-state index is -3.83. The van der Waals surface area contributed by atoms with E-state index in [-0.39, 0.29) is 34.8 Å². The van der Waals surface area contributed by atoms with E-state index in [1.54, 1.807) is 6.92 Å². The van der Waals surface area contributed by atoms with Crippen LogP contribution in [-0.4, -0.2) is 42.9 Å². The average Bonchev–Trinajstić information content (AvgIpc) is 2.66. The maximum absolute atomic E-state index is 13.6. The summed E-state index contributed by atoms with van der Waals surface area (Å²) in [4.78, 5) is 12.6. The second-order valence-corrected chi connectivity index (χ2v) is 9.06. The Balaban J connectivity index is 1.87. The van der Waals surface area contributed by atoms with E-state index in [1.165, 1.54) is 35.5 Å². The molecule has 1 heterocycles. The minimum absolute atomic E-state index is 0.00278. The van der Waals surface area contributed by atoms with Gasteiger partial charge in [0.05, 0.1) is 11.0 Å². The number of carbonyl (C=O) groups is 1. The van der Waals surface area contributed by atoms with E-state index in [0.29, 0.717) is 18.4 Å². The first-order valence-corrected chi connectivity index (χ1v) is 10.6. The highest BCUT2D eigenvalue weighted by Gasteiger charge is 2.30. The van der Waals surface area contributed by atoms with E-state index in [1.807, 2.05) is 0 Å². The highest BCUT2D eigenvalue weighted by molar-refractivity contribution is 7.89. The van der Waals surface area contributed by atoms with Crippen LogP contribution < -0.4 is 5.32 Å². The lowest BCUT2D eigenvalue weighted by Gasteiger charge is -2.29. The molecule has 2 aromatic rings. The fourth-order valence-corrected chi connectivity index (χ4v) is 4.96. The molecule has 3 rings (SSSR count). The highest BCUT2D eigenvalue weighted by Crippen LogP contribution is 2.25. The summed E-state index contributed by atoms with van der Waals surface area (Å²) in [5, 5.41) is 12.1. The van der Waals surface area contributed by atoms with Crippen molar-refractivity contribution in [2.45, 2.75) is 37.7 Å². The summed E-state index contributed by atoms with van der Waals surface area (Å²) in [5.41, 5.74) is 0.672. The van der Waals surface area contributed by atoms with Gasteiger partial charge in [-0.2, -0.15) is 4.31 Å². The predicted molar refractivity (Wildman–Crippen MR) is 104 cm³/mol. The number of rotatable bonds is 4. The number of hydrogen-bond acceptors (Lipinski definition) is 4. The Morgan fingerprint density at radius 3 is 2.38 bits per heavy atom. The maximum Gasteiger partial charge on any atom is 0.255 e. The summed E-state index contributed by atoms with van der Waals surface area (Å²) in [7, 11) is -3.83. The molecule has 0 saturated carbocycles. The van der Waals surface area contributed by atoms with E-state index >= 15 is 0 Å². The largest absolute Gasteiger partial charge is 0.393 e. The molecule has 1 aliphatic rings. The number of nitrogens with one attached hydrogen (secondary N) is 1. The fourth-order valence-electron chi connectivity index (χ4n) is 3.24. The molecule has 1 saturated heterocycles. The summed E-state index contributed by atoms with van der Waals surface area (Å²) in [6.45, 7) is 3.41. The van der Waals surface area contributed by atoms with Crippen molar-refractivity contribution < 1.29 is 27.1 Å². The molecule has 29 heavy (non-hydrogen) atoms. The maximum atomic E-state index is 13.6. The zero-order valence-electron chi connectivity index (χ0n) is 16.1. The molecule has 9 heteroatoms. The van der Waals surface area contributed by atoms with Gasteiger partial charge in [-0.3, -0.25) is 4.79 Å². The zero-order valence-corrected chi connectivity index (χ0v) is 16.9. The molecular formula is C20H22F2N2O4S. The number of halogens is 2. The second kappa shape index (κ2) is 8.17. The first-order valence-electron chi connectivity index (χ1n) is 9.15. The first-order chi connectivity index (χ1) is 13.6. The second-order valence-electron chi connectivity index (χ2n) is 7.16. The molecule has 1 fully saturated rings. The average molecular weight is 424 g/mol. The van der Waals surface area contributed by atoms with Crippen LogP contribution in [0.3, 0.4) is 0 Å². The number of aliphatic hydroxyl groups is 1. The molecule has 0 aliphatic carbocycles. The van der Waals surface area contributed by atoms with Crippen molar-refractivity contribution in [2.75, 3.05) is 18.4 Å². The van der Waals surface area contributed by atoms with Crippen LogP contribution in [0.2, 0.25) is 0 Å². The van der Waals surface area contributed by atoms with Gasteiger partial charge in [0.1, 0.15) is 0 Å². The quantitative estimate of drug-likeness (QED) is 0.790. The van der Waals surface area contributed by atoms with Crippen LogP contribution in [0.1, 0.15) is 34.3 Å². The topological polar surface area (TPSA) is 86.7 Å². The Morgan fingerprint density at radius 1 is 1.10 bits per heavy atom. The van der Waals surface area contributed by atoms with Gasteiger partial charge in [0.25, 0.3) is 5.91 Å². The molecule has 0 aromatic heterocycles. The van der Waals surface area contributed by atoms with Crippen LogP contribution in [0.25, 0.3) is 0 Å². The van der Waals surface area contributed by atoms with Gasteiger partial charge < -0.3 is 10.4 Å². The number of sulfonamides is 1. The number of carbonyl (C=O) groups excluding carboxylic acids is 1. The van der Waals surface area contributed by atoms with E-state index in [2.05, 4.69) is 5.32 Å². The van der Waals surface area contributed by atoms with Crippen molar-refractivity contribution in [1.29, 1.82) is 0 Å². The number of piperidine rings is 1. The third-order valence-electron chi connectivity index (χ3n) is 4.96. The number of benzene rings is 2. The van der Waals surface area contributed by atoms with Crippen LogP contribution in [0.5, 0.6) is 0 Å². The van der Waals surface area contributed by atoms with Crippen LogP contribution in [0, 0.1) is 25.5 Å². The van der Waals surface area contributed by atoms with Crippen LogP contribution in [-0.2, 0) is 10.0 Å². The van der Waals surface area contributed by atoms with E-state index in [0.717, 1.165) is 6.07 Å². The Labute approximate surface area is 168 Å². The van der Waals surface area contributed by atoms with Crippen LogP contribution >= 0.6 is 0 Å². The van der Waals surface area contributed by atoms with Crippen molar-refractivity contribution in [1.82, 2.24) is 4.31 Å². The lowest BCUT2D eigenvalue weighted by Crippen LogP contribution is -2.40. The van der Waals surface area contributed by atoms with Gasteiger partial charge in [-0.05, 0) is 56.0 Å². The summed E-state index contributed by atoms with van der Waals surface area (Å²) in [5.74, 6) is -2.71. The molecule has 0 unspecified atom stereocenters. The van der Waals surface area contributed by atoms with Crippen molar-refractivity contribution in [3.8, 4) is 0 Å². The molecule has 0 bridgehead atoms. The van der Waals surface area contributed by atoms with Crippen molar-refractivity contribution >= 4 is 21.6 Å². The SMILES string of the molecule is Cc1ccc(C(=O)Nc2cc(C)c(F)c(F)c2)cc1S(=O)(=O)N1CCC(O)CC1. The molecule has 2 aromatic carbocycles. The standard InChI is InChI=1S/C20H22F2N2O4S/c1-12-3-4-14(20(26)23-15-9-13(2)19(22)17(21)11-15)10-18(12)29(27,28)24-7-5-16(25)6-8-24/h3-4,9-11,16,25H,5-8H2,1-2H3,(H,23,26). The molecule has 0 radical (unpaired) electrons. The summed E-state index contributed by atoms with van der Waals surface area (Å²) in [6, 6.07) is 6.43. The summed E-state index contributed by atoms with van der Waals surface area (Å²) >= 11 is 0. The van der Waals surface area contributed by atoms with Crippen molar-refractivity contribution in [2.24, 2.45) is 0 Å². The smallest absolute Gasteiger partial charge is 0.255 e. The summed E-state index contributed by atoms with van der Waals surface area (Å²) < 4.78 is 54.3. The van der Waals surface area contributed by atoms with Gasteiger partial charge in [-0.1, -0.05) is 6.07 Å². The van der Waals surface area contributed by atoms with Crippen LogP contribution in [0.4, 0.5) is 14.5 Å². The molecule has 1 aliphatic heterocycles. The molecule has 1 amide bonds. The van der Waals surface area contributed by atoms with Gasteiger partial charge >= 0.3 is 0 Å². The molecule has 2 N–H and O–H groups in total. The molecule has 0 spiro atoms. The normalized spacial score (nSPS) is 16.0. The number of anilines is 1. The number of nitrogens with zero attached hydrogens (tertiary/aromatic N) is 1. The van der Waals surface area contributed by atoms with E-state index in [9.17, 15) is 27.1 Å². The third-order valence-corrected chi connectivity index (χ3v) is 7.00. The van der Waals surface area contributed by atoms with Gasteiger partial charge in [0, 0.05) is 30.4 Å². The number of aliphatic hydroxyl groups excluding tert-OH is 1. The zero-order chi connectivity index (χ0) is 21.3. The van der Waals surface area contributed by atoms with Crippen molar-refractivity contribution in [3.05, 3.63) is 58.7 Å². The summed E-state index contributed by atoms with van der Waals surface area (Å²) in [6.07, 6.45) is 0.196. The van der Waals surface area contributed by atoms with E-state index in [4.69, 9.17) is 0 Å². The lowest BCUT2D eigenvalue weighted by atomic mass is 10.1. The van der Waals surface area contributed by atoms with Gasteiger partial charge in [0.2, 0.25) is 10.0 Å². The first kappa shape index (κ1) is 21.4. The van der Waals surface area contributed by atoms with Crippen LogP contribution in [0.15, 0.2) is 35.2 Å². The minimum Gasteiger partial charge on any atom is -0.393 e. The lowest BCUT2D eigenvalue weighted by molar-refractivity contribution is 0.102. The third kappa shape index (κ3) is 4.47. The Kier molecular flexibility index (Phi) is 6.02. The Bertz CT molecular complexity index is 1030. The highest BCUT2D eigenvalue weighted by atomic mass is 32.2. The Morgan fingerprint density at radius 2 is 1.76 bits per heavy atom. The molecule has 0 atom stereocenters. The molecular weight excluding hydrogens is 402 g/mol. The van der Waals surface area contributed by atoms with Gasteiger partial charge in [0.15, 0.2) is 11.6 Å². The molecule has 6 nitrogen and oxygen atoms in total. The Hall–Kier alpha value is -2.36. The van der Waals surface area contributed by atoms with Gasteiger partial charge in [-0.25, -0.2) is 17.2 Å². The van der Waals surface area contributed by atoms with Gasteiger partial charge in [-0.15, -0.1) is 0 Å². The number of hydrogen-bond donors (Lipinski definition) is 2. The predicted octanol–water partition coefficient (Wildman–Crippen LogP) is 2.98. The van der Waals surface area contributed by atoms with Crippen molar-refractivity contribution in [3.63, 3.8) is 0 Å². The number of amides is 1. The monoisotopic (exact) mass is 424 g/mol.